The summed E-state index contributed by atoms with van der Waals surface area (Å²) in [4.78, 5) is 3.83. The fourth-order valence-electron chi connectivity index (χ4n) is 6.65. The Hall–Kier alpha value is -5.28. The number of hydrogen-bond acceptors (Lipinski definition) is 0. The normalized spacial score (nSPS) is 12.1. The zero-order valence-corrected chi connectivity index (χ0v) is 21.1. The van der Waals surface area contributed by atoms with Crippen molar-refractivity contribution in [1.82, 2.24) is 14.1 Å². The average Bonchev–Trinajstić information content (AvgIpc) is 3.65. The lowest BCUT2D eigenvalue weighted by atomic mass is 10.1. The van der Waals surface area contributed by atoms with Gasteiger partial charge in [-0.3, -0.25) is 0 Å². The van der Waals surface area contributed by atoms with Gasteiger partial charge >= 0.3 is 0 Å². The second-order valence-electron chi connectivity index (χ2n) is 10.3. The van der Waals surface area contributed by atoms with E-state index in [1.54, 1.807) is 0 Å². The molecular formula is C36H23N3. The number of hydrogen-bond donors (Lipinski definition) is 1. The minimum absolute atomic E-state index is 1.14. The molecule has 0 saturated heterocycles. The molecule has 9 aromatic rings. The van der Waals surface area contributed by atoms with E-state index in [4.69, 9.17) is 0 Å². The molecule has 0 aliphatic carbocycles. The summed E-state index contributed by atoms with van der Waals surface area (Å²) in [5, 5.41) is 7.51. The molecule has 0 unspecified atom stereocenters. The minimum Gasteiger partial charge on any atom is -0.353 e. The second-order valence-corrected chi connectivity index (χ2v) is 10.3. The third-order valence-electron chi connectivity index (χ3n) is 8.26. The summed E-state index contributed by atoms with van der Waals surface area (Å²) < 4.78 is 4.90. The molecule has 3 aromatic heterocycles. The van der Waals surface area contributed by atoms with Crippen molar-refractivity contribution >= 4 is 65.4 Å². The lowest BCUT2D eigenvalue weighted by Gasteiger charge is -2.18. The van der Waals surface area contributed by atoms with Crippen LogP contribution in [0.3, 0.4) is 0 Å². The molecule has 182 valence electrons. The summed E-state index contributed by atoms with van der Waals surface area (Å²) >= 11 is 0. The maximum absolute atomic E-state index is 3.83. The van der Waals surface area contributed by atoms with Crippen LogP contribution in [0.4, 0.5) is 0 Å². The molecule has 0 radical (unpaired) electrons. The Kier molecular flexibility index (Phi) is 4.05. The van der Waals surface area contributed by atoms with Gasteiger partial charge in [0.25, 0.3) is 0 Å². The van der Waals surface area contributed by atoms with Crippen molar-refractivity contribution in [1.29, 1.82) is 0 Å². The zero-order chi connectivity index (χ0) is 25.5. The van der Waals surface area contributed by atoms with E-state index in [0.29, 0.717) is 0 Å². The van der Waals surface area contributed by atoms with Crippen LogP contribution >= 0.6 is 0 Å². The maximum atomic E-state index is 3.83. The second kappa shape index (κ2) is 7.62. The summed E-state index contributed by atoms with van der Waals surface area (Å²) in [6.45, 7) is 0. The molecule has 3 nitrogen and oxygen atoms in total. The van der Waals surface area contributed by atoms with Crippen molar-refractivity contribution < 1.29 is 0 Å². The Balaban J connectivity index is 1.55. The van der Waals surface area contributed by atoms with Gasteiger partial charge in [-0.05, 0) is 42.5 Å². The molecule has 3 heteroatoms. The van der Waals surface area contributed by atoms with Gasteiger partial charge < -0.3 is 14.1 Å². The van der Waals surface area contributed by atoms with E-state index in [0.717, 1.165) is 22.4 Å². The van der Waals surface area contributed by atoms with Gasteiger partial charge in [0, 0.05) is 37.8 Å². The van der Waals surface area contributed by atoms with Crippen LogP contribution in [-0.2, 0) is 0 Å². The van der Waals surface area contributed by atoms with Crippen LogP contribution in [0.25, 0.3) is 76.8 Å². The van der Waals surface area contributed by atoms with Crippen molar-refractivity contribution in [2.45, 2.75) is 0 Å². The molecule has 0 spiro atoms. The van der Waals surface area contributed by atoms with Crippen molar-refractivity contribution in [3.05, 3.63) is 133 Å². The highest BCUT2D eigenvalue weighted by Gasteiger charge is 2.22. The molecule has 0 bridgehead atoms. The first kappa shape index (κ1) is 20.7. The molecule has 0 amide bonds. The summed E-state index contributed by atoms with van der Waals surface area (Å²) in [7, 11) is 0. The van der Waals surface area contributed by atoms with Gasteiger partial charge in [-0.15, -0.1) is 0 Å². The Morgan fingerprint density at radius 3 is 1.33 bits per heavy atom. The number of H-pyrrole nitrogens is 1. The molecule has 6 aromatic carbocycles. The highest BCUT2D eigenvalue weighted by Crippen LogP contribution is 2.41. The quantitative estimate of drug-likeness (QED) is 0.246. The molecule has 0 aliphatic heterocycles. The van der Waals surface area contributed by atoms with Crippen molar-refractivity contribution in [3.8, 4) is 11.4 Å². The number of rotatable bonds is 2. The fraction of sp³-hybridized carbons (Fsp3) is 0. The summed E-state index contributed by atoms with van der Waals surface area (Å²) in [5.74, 6) is 0. The summed E-state index contributed by atoms with van der Waals surface area (Å²) in [6, 6.07) is 48.2. The SMILES string of the molecule is c1ccc2c(c1)[nH]c1c(-n3c4ccccc4c4ccccc43)c(-n3c4ccccc4c4ccccc43)ccc12. The zero-order valence-electron chi connectivity index (χ0n) is 21.1. The van der Waals surface area contributed by atoms with Gasteiger partial charge in [0.15, 0.2) is 0 Å². The molecule has 3 heterocycles. The number of para-hydroxylation sites is 5. The molecular weight excluding hydrogens is 474 g/mol. The van der Waals surface area contributed by atoms with Gasteiger partial charge in [0.2, 0.25) is 0 Å². The number of nitrogens with one attached hydrogen (secondary N) is 1. The first-order valence-electron chi connectivity index (χ1n) is 13.4. The maximum Gasteiger partial charge on any atom is 0.0947 e. The van der Waals surface area contributed by atoms with Gasteiger partial charge in [-0.25, -0.2) is 0 Å². The fourth-order valence-corrected chi connectivity index (χ4v) is 6.65. The van der Waals surface area contributed by atoms with Crippen LogP contribution in [-0.4, -0.2) is 14.1 Å². The molecule has 0 atom stereocenters. The molecule has 9 rings (SSSR count). The van der Waals surface area contributed by atoms with E-state index in [1.165, 1.54) is 54.4 Å². The molecule has 0 saturated carbocycles. The Labute approximate surface area is 224 Å². The van der Waals surface area contributed by atoms with E-state index in [1.807, 2.05) is 0 Å². The largest absolute Gasteiger partial charge is 0.353 e. The molecule has 0 fully saturated rings. The van der Waals surface area contributed by atoms with Crippen molar-refractivity contribution in [2.24, 2.45) is 0 Å². The first-order valence-corrected chi connectivity index (χ1v) is 13.4. The summed E-state index contributed by atoms with van der Waals surface area (Å²) in [5.41, 5.74) is 9.41. The topological polar surface area (TPSA) is 25.6 Å². The Morgan fingerprint density at radius 2 is 0.795 bits per heavy atom. The lowest BCUT2D eigenvalue weighted by Crippen LogP contribution is -2.04. The van der Waals surface area contributed by atoms with Crippen molar-refractivity contribution in [3.63, 3.8) is 0 Å². The number of benzene rings is 6. The Bertz CT molecular complexity index is 2290. The van der Waals surface area contributed by atoms with Crippen LogP contribution < -0.4 is 0 Å². The van der Waals surface area contributed by atoms with Crippen LogP contribution in [0.1, 0.15) is 0 Å². The van der Waals surface area contributed by atoms with Gasteiger partial charge in [-0.2, -0.15) is 0 Å². The van der Waals surface area contributed by atoms with Crippen LogP contribution in [0.5, 0.6) is 0 Å². The van der Waals surface area contributed by atoms with Crippen LogP contribution in [0, 0.1) is 0 Å². The van der Waals surface area contributed by atoms with E-state index in [-0.39, 0.29) is 0 Å². The Morgan fingerprint density at radius 1 is 0.359 bits per heavy atom. The number of nitrogens with zero attached hydrogens (tertiary/aromatic N) is 2. The van der Waals surface area contributed by atoms with E-state index >= 15 is 0 Å². The number of aromatic amines is 1. The monoisotopic (exact) mass is 497 g/mol. The van der Waals surface area contributed by atoms with Crippen molar-refractivity contribution in [2.75, 3.05) is 0 Å². The molecule has 39 heavy (non-hydrogen) atoms. The standard InChI is InChI=1S/C36H23N3/c1-6-16-29-23(11-1)28-21-22-34(38-30-17-7-2-12-24(30)25-13-3-8-18-31(25)38)36(35(28)37-29)39-32-19-9-4-14-26(32)27-15-5-10-20-33(27)39/h1-22,37H. The third-order valence-corrected chi connectivity index (χ3v) is 8.26. The van der Waals surface area contributed by atoms with Gasteiger partial charge in [0.05, 0.1) is 39.0 Å². The smallest absolute Gasteiger partial charge is 0.0947 e. The number of aromatic nitrogens is 3. The van der Waals surface area contributed by atoms with E-state index in [2.05, 4.69) is 148 Å². The summed E-state index contributed by atoms with van der Waals surface area (Å²) in [6.07, 6.45) is 0. The minimum atomic E-state index is 1.14. The van der Waals surface area contributed by atoms with Crippen LogP contribution in [0.15, 0.2) is 133 Å². The first-order chi connectivity index (χ1) is 19.4. The number of fused-ring (bicyclic) bond motifs is 9. The van der Waals surface area contributed by atoms with Gasteiger partial charge in [0.1, 0.15) is 0 Å². The predicted octanol–water partition coefficient (Wildman–Crippen LogP) is 9.52. The molecule has 0 aliphatic rings. The van der Waals surface area contributed by atoms with E-state index < -0.39 is 0 Å². The highest BCUT2D eigenvalue weighted by molar-refractivity contribution is 6.16. The van der Waals surface area contributed by atoms with E-state index in [9.17, 15) is 0 Å². The predicted molar refractivity (Wildman–Crippen MR) is 164 cm³/mol. The van der Waals surface area contributed by atoms with Crippen LogP contribution in [0.2, 0.25) is 0 Å². The highest BCUT2D eigenvalue weighted by atomic mass is 15.1. The molecule has 1 N–H and O–H groups in total. The lowest BCUT2D eigenvalue weighted by molar-refractivity contribution is 1.10. The third kappa shape index (κ3) is 2.71. The van der Waals surface area contributed by atoms with Gasteiger partial charge in [-0.1, -0.05) is 91.0 Å². The average molecular weight is 498 g/mol.